The van der Waals surface area contributed by atoms with Crippen molar-refractivity contribution in [2.75, 3.05) is 6.54 Å². The number of likely N-dealkylation sites (tertiary alicyclic amines) is 1. The third-order valence-electron chi connectivity index (χ3n) is 4.47. The smallest absolute Gasteiger partial charge is 0.266 e. The predicted molar refractivity (Wildman–Crippen MR) is 98.2 cm³/mol. The van der Waals surface area contributed by atoms with E-state index in [9.17, 15) is 4.79 Å². The average Bonchev–Trinajstić information content (AvgIpc) is 3.24. The maximum atomic E-state index is 13.1. The van der Waals surface area contributed by atoms with Gasteiger partial charge in [0.25, 0.3) is 5.91 Å². The zero-order valence-corrected chi connectivity index (χ0v) is 16.3. The summed E-state index contributed by atoms with van der Waals surface area (Å²) in [6.07, 6.45) is 1.70. The fourth-order valence-electron chi connectivity index (χ4n) is 3.07. The lowest BCUT2D eigenvalue weighted by Crippen LogP contribution is -2.48. The van der Waals surface area contributed by atoms with Gasteiger partial charge in [0.05, 0.1) is 0 Å². The number of aromatic nitrogens is 2. The first-order chi connectivity index (χ1) is 12.3. The third-order valence-corrected chi connectivity index (χ3v) is 4.73. The molecule has 1 amide bonds. The molecule has 0 N–H and O–H groups in total. The van der Waals surface area contributed by atoms with Gasteiger partial charge >= 0.3 is 0 Å². The molecule has 1 aromatic carbocycles. The van der Waals surface area contributed by atoms with Crippen molar-refractivity contribution in [1.29, 1.82) is 0 Å². The first kappa shape index (κ1) is 18.7. The monoisotopic (exact) mass is 377 g/mol. The Kier molecular flexibility index (Phi) is 5.23. The van der Waals surface area contributed by atoms with Gasteiger partial charge in [-0.05, 0) is 51.0 Å². The molecule has 1 aromatic heterocycles. The molecule has 1 saturated heterocycles. The number of carbonyl (C=O) groups is 1. The fourth-order valence-corrected chi connectivity index (χ4v) is 3.20. The first-order valence-electron chi connectivity index (χ1n) is 8.87. The second kappa shape index (κ2) is 7.27. The summed E-state index contributed by atoms with van der Waals surface area (Å²) in [6.45, 7) is 8.21. The van der Waals surface area contributed by atoms with Gasteiger partial charge in [-0.1, -0.05) is 30.6 Å². The van der Waals surface area contributed by atoms with E-state index in [4.69, 9.17) is 20.9 Å². The zero-order valence-electron chi connectivity index (χ0n) is 15.5. The predicted octanol–water partition coefficient (Wildman–Crippen LogP) is 4.37. The molecule has 0 unspecified atom stereocenters. The van der Waals surface area contributed by atoms with E-state index in [0.29, 0.717) is 29.0 Å². The number of carbonyl (C=O) groups excluding carboxylic acids is 1. The SMILES string of the molecule is CC(C)c1noc([C@@H]2CCCN2C(=O)C(C)(C)Oc2ccc(Cl)cc2)n1. The number of hydrogen-bond donors (Lipinski definition) is 0. The Labute approximate surface area is 158 Å². The van der Waals surface area contributed by atoms with Crippen LogP contribution >= 0.6 is 11.6 Å². The number of nitrogens with zero attached hydrogens (tertiary/aromatic N) is 3. The highest BCUT2D eigenvalue weighted by Crippen LogP contribution is 2.34. The van der Waals surface area contributed by atoms with Crippen LogP contribution in [0.3, 0.4) is 0 Å². The molecular weight excluding hydrogens is 354 g/mol. The van der Waals surface area contributed by atoms with E-state index in [2.05, 4.69) is 10.1 Å². The third kappa shape index (κ3) is 3.85. The minimum absolute atomic E-state index is 0.0979. The molecule has 1 aliphatic rings. The standard InChI is InChI=1S/C19H24ClN3O3/c1-12(2)16-21-17(26-22-16)15-6-5-11-23(15)18(24)19(3,4)25-14-9-7-13(20)8-10-14/h7-10,12,15H,5-6,11H2,1-4H3/t15-/m0/s1. The van der Waals surface area contributed by atoms with Crippen molar-refractivity contribution in [2.24, 2.45) is 0 Å². The molecule has 2 heterocycles. The molecule has 0 aliphatic carbocycles. The zero-order chi connectivity index (χ0) is 18.9. The number of ether oxygens (including phenoxy) is 1. The maximum Gasteiger partial charge on any atom is 0.266 e. The lowest BCUT2D eigenvalue weighted by molar-refractivity contribution is -0.147. The van der Waals surface area contributed by atoms with Gasteiger partial charge in [-0.3, -0.25) is 4.79 Å². The molecule has 1 atom stereocenters. The van der Waals surface area contributed by atoms with Gasteiger partial charge in [0.1, 0.15) is 11.8 Å². The summed E-state index contributed by atoms with van der Waals surface area (Å²) < 4.78 is 11.4. The lowest BCUT2D eigenvalue weighted by Gasteiger charge is -2.32. The number of halogens is 1. The summed E-state index contributed by atoms with van der Waals surface area (Å²) in [5.41, 5.74) is -1.02. The van der Waals surface area contributed by atoms with E-state index >= 15 is 0 Å². The minimum Gasteiger partial charge on any atom is -0.478 e. The van der Waals surface area contributed by atoms with Crippen LogP contribution in [0.15, 0.2) is 28.8 Å². The maximum absolute atomic E-state index is 13.1. The van der Waals surface area contributed by atoms with Gasteiger partial charge in [0.15, 0.2) is 11.4 Å². The number of rotatable bonds is 5. The van der Waals surface area contributed by atoms with Crippen LogP contribution in [-0.2, 0) is 4.79 Å². The number of hydrogen-bond acceptors (Lipinski definition) is 5. The van der Waals surface area contributed by atoms with Crippen LogP contribution in [0, 0.1) is 0 Å². The van der Waals surface area contributed by atoms with Gasteiger partial charge in [0, 0.05) is 17.5 Å². The van der Waals surface area contributed by atoms with E-state index in [1.54, 1.807) is 43.0 Å². The van der Waals surface area contributed by atoms with Gasteiger partial charge < -0.3 is 14.2 Å². The summed E-state index contributed by atoms with van der Waals surface area (Å²) in [5, 5.41) is 4.65. The Morgan fingerprint density at radius 3 is 2.65 bits per heavy atom. The second-order valence-electron chi connectivity index (χ2n) is 7.37. The summed E-state index contributed by atoms with van der Waals surface area (Å²) in [6, 6.07) is 6.79. The van der Waals surface area contributed by atoms with Crippen LogP contribution in [0.4, 0.5) is 0 Å². The number of amides is 1. The minimum atomic E-state index is -1.02. The van der Waals surface area contributed by atoms with Crippen LogP contribution in [0.2, 0.25) is 5.02 Å². The van der Waals surface area contributed by atoms with Crippen molar-refractivity contribution in [3.63, 3.8) is 0 Å². The van der Waals surface area contributed by atoms with Gasteiger partial charge in [0.2, 0.25) is 5.89 Å². The van der Waals surface area contributed by atoms with Gasteiger partial charge in [-0.2, -0.15) is 4.98 Å². The Hall–Kier alpha value is -2.08. The molecule has 2 aromatic rings. The topological polar surface area (TPSA) is 68.5 Å². The van der Waals surface area contributed by atoms with Crippen molar-refractivity contribution < 1.29 is 14.1 Å². The Morgan fingerprint density at radius 1 is 1.35 bits per heavy atom. The Morgan fingerprint density at radius 2 is 2.04 bits per heavy atom. The Bertz CT molecular complexity index is 771. The van der Waals surface area contributed by atoms with Crippen LogP contribution < -0.4 is 4.74 Å². The van der Waals surface area contributed by atoms with Crippen molar-refractivity contribution in [1.82, 2.24) is 15.0 Å². The fraction of sp³-hybridized carbons (Fsp3) is 0.526. The van der Waals surface area contributed by atoms with Gasteiger partial charge in [-0.25, -0.2) is 0 Å². The van der Waals surface area contributed by atoms with E-state index in [0.717, 1.165) is 12.8 Å². The molecule has 26 heavy (non-hydrogen) atoms. The normalized spacial score (nSPS) is 17.8. The summed E-state index contributed by atoms with van der Waals surface area (Å²) in [7, 11) is 0. The van der Waals surface area contributed by atoms with Crippen molar-refractivity contribution in [2.45, 2.75) is 58.1 Å². The molecule has 0 saturated carbocycles. The van der Waals surface area contributed by atoms with Crippen molar-refractivity contribution >= 4 is 17.5 Å². The molecule has 0 spiro atoms. The van der Waals surface area contributed by atoms with E-state index in [1.165, 1.54) is 0 Å². The summed E-state index contributed by atoms with van der Waals surface area (Å²) in [5.74, 6) is 1.85. The molecule has 7 heteroatoms. The lowest BCUT2D eigenvalue weighted by atomic mass is 10.1. The van der Waals surface area contributed by atoms with Crippen LogP contribution in [0.1, 0.15) is 64.2 Å². The number of benzene rings is 1. The highest BCUT2D eigenvalue weighted by Gasteiger charge is 2.42. The molecule has 0 bridgehead atoms. The molecular formula is C19H24ClN3O3. The van der Waals surface area contributed by atoms with Crippen molar-refractivity contribution in [3.8, 4) is 5.75 Å². The highest BCUT2D eigenvalue weighted by molar-refractivity contribution is 6.30. The average molecular weight is 378 g/mol. The molecule has 140 valence electrons. The van der Waals surface area contributed by atoms with E-state index in [1.807, 2.05) is 13.8 Å². The Balaban J connectivity index is 1.76. The quantitative estimate of drug-likeness (QED) is 0.773. The van der Waals surface area contributed by atoms with E-state index in [-0.39, 0.29) is 17.9 Å². The van der Waals surface area contributed by atoms with Crippen LogP contribution in [0.25, 0.3) is 0 Å². The molecule has 3 rings (SSSR count). The summed E-state index contributed by atoms with van der Waals surface area (Å²) in [4.78, 5) is 19.4. The highest BCUT2D eigenvalue weighted by atomic mass is 35.5. The molecule has 0 radical (unpaired) electrons. The van der Waals surface area contributed by atoms with Crippen molar-refractivity contribution in [3.05, 3.63) is 41.0 Å². The molecule has 1 fully saturated rings. The van der Waals surface area contributed by atoms with Crippen LogP contribution in [-0.4, -0.2) is 33.1 Å². The van der Waals surface area contributed by atoms with Gasteiger partial charge in [-0.15, -0.1) is 0 Å². The second-order valence-corrected chi connectivity index (χ2v) is 7.80. The van der Waals surface area contributed by atoms with E-state index < -0.39 is 5.60 Å². The van der Waals surface area contributed by atoms with Crippen LogP contribution in [0.5, 0.6) is 5.75 Å². The largest absolute Gasteiger partial charge is 0.478 e. The summed E-state index contributed by atoms with van der Waals surface area (Å²) >= 11 is 5.91. The first-order valence-corrected chi connectivity index (χ1v) is 9.25. The molecule has 6 nitrogen and oxygen atoms in total. The molecule has 1 aliphatic heterocycles.